The molecule has 0 heterocycles. The minimum Gasteiger partial charge on any atom is -0.493 e. The predicted octanol–water partition coefficient (Wildman–Crippen LogP) is 8.02. The van der Waals surface area contributed by atoms with E-state index in [1.54, 1.807) is 0 Å². The van der Waals surface area contributed by atoms with Gasteiger partial charge in [-0.2, -0.15) is 5.26 Å². The molecule has 0 fully saturated rings. The van der Waals surface area contributed by atoms with E-state index in [-0.39, 0.29) is 0 Å². The first-order valence-electron chi connectivity index (χ1n) is 12.2. The van der Waals surface area contributed by atoms with Crippen LogP contribution >= 0.6 is 0 Å². The molecule has 1 unspecified atom stereocenters. The van der Waals surface area contributed by atoms with Gasteiger partial charge in [0, 0.05) is 5.56 Å². The number of allylic oxidation sites excluding steroid dienone is 1. The van der Waals surface area contributed by atoms with Gasteiger partial charge in [-0.05, 0) is 60.9 Å². The number of unbranched alkanes of at least 4 members (excludes halogenated alkanes) is 3. The summed E-state index contributed by atoms with van der Waals surface area (Å²) >= 11 is 0. The topological polar surface area (TPSA) is 33.0 Å². The van der Waals surface area contributed by atoms with Crippen LogP contribution in [0.25, 0.3) is 6.08 Å². The SMILES string of the molecule is CCCCCCOc1ccccc1/C=C/C(CCc1ccc(C#N)cc1)Cc1ccccc1. The summed E-state index contributed by atoms with van der Waals surface area (Å²) in [4.78, 5) is 0. The number of para-hydroxylation sites is 1. The molecule has 0 amide bonds. The van der Waals surface area contributed by atoms with Crippen LogP contribution in [0.15, 0.2) is 84.9 Å². The van der Waals surface area contributed by atoms with Gasteiger partial charge in [0.15, 0.2) is 0 Å². The number of hydrogen-bond donors (Lipinski definition) is 0. The van der Waals surface area contributed by atoms with Crippen molar-refractivity contribution in [3.63, 3.8) is 0 Å². The van der Waals surface area contributed by atoms with Crippen LogP contribution in [0.2, 0.25) is 0 Å². The van der Waals surface area contributed by atoms with Crippen molar-refractivity contribution in [1.29, 1.82) is 5.26 Å². The first kappa shape index (κ1) is 24.3. The molecule has 2 nitrogen and oxygen atoms in total. The van der Waals surface area contributed by atoms with E-state index >= 15 is 0 Å². The molecule has 2 heteroatoms. The normalized spacial score (nSPS) is 11.9. The molecule has 0 bridgehead atoms. The van der Waals surface area contributed by atoms with Crippen LogP contribution in [0.1, 0.15) is 61.3 Å². The van der Waals surface area contributed by atoms with Crippen LogP contribution in [0, 0.1) is 17.2 Å². The molecular formula is C31H35NO. The fourth-order valence-electron chi connectivity index (χ4n) is 3.98. The monoisotopic (exact) mass is 437 g/mol. The lowest BCUT2D eigenvalue weighted by Gasteiger charge is -2.14. The van der Waals surface area contributed by atoms with Gasteiger partial charge in [-0.3, -0.25) is 0 Å². The van der Waals surface area contributed by atoms with Crippen molar-refractivity contribution < 1.29 is 4.74 Å². The Morgan fingerprint density at radius 1 is 0.848 bits per heavy atom. The lowest BCUT2D eigenvalue weighted by molar-refractivity contribution is 0.304. The number of nitriles is 1. The van der Waals surface area contributed by atoms with Gasteiger partial charge < -0.3 is 4.74 Å². The van der Waals surface area contributed by atoms with Crippen LogP contribution in [-0.4, -0.2) is 6.61 Å². The molecule has 0 saturated heterocycles. The zero-order valence-corrected chi connectivity index (χ0v) is 19.7. The minimum absolute atomic E-state index is 0.417. The number of rotatable bonds is 13. The van der Waals surface area contributed by atoms with Crippen LogP contribution < -0.4 is 4.74 Å². The van der Waals surface area contributed by atoms with Crippen molar-refractivity contribution in [2.45, 2.75) is 51.9 Å². The summed E-state index contributed by atoms with van der Waals surface area (Å²) in [7, 11) is 0. The van der Waals surface area contributed by atoms with E-state index in [0.29, 0.717) is 11.5 Å². The minimum atomic E-state index is 0.417. The Morgan fingerprint density at radius 2 is 1.61 bits per heavy atom. The maximum absolute atomic E-state index is 9.03. The van der Waals surface area contributed by atoms with E-state index < -0.39 is 0 Å². The van der Waals surface area contributed by atoms with E-state index in [9.17, 15) is 0 Å². The summed E-state index contributed by atoms with van der Waals surface area (Å²) in [5.41, 5.74) is 4.49. The molecule has 3 rings (SSSR count). The Hall–Kier alpha value is -3.31. The highest BCUT2D eigenvalue weighted by atomic mass is 16.5. The van der Waals surface area contributed by atoms with Crippen molar-refractivity contribution in [3.05, 3.63) is 107 Å². The standard InChI is InChI=1S/C31H35NO/c1-2-3-4-10-23-33-31-14-9-8-13-30(31)22-21-28(24-27-11-6-5-7-12-27)18-15-26-16-19-29(25-32)20-17-26/h5-9,11-14,16-17,19-22,28H,2-4,10,15,18,23-24H2,1H3/b22-21+. The number of benzene rings is 3. The predicted molar refractivity (Wildman–Crippen MR) is 138 cm³/mol. The Kier molecular flexibility index (Phi) is 10.3. The summed E-state index contributed by atoms with van der Waals surface area (Å²) in [6.07, 6.45) is 12.5. The Bertz CT molecular complexity index is 1010. The molecule has 0 aliphatic rings. The van der Waals surface area contributed by atoms with E-state index in [4.69, 9.17) is 10.00 Å². The Morgan fingerprint density at radius 3 is 2.36 bits per heavy atom. The van der Waals surface area contributed by atoms with Crippen LogP contribution in [0.3, 0.4) is 0 Å². The van der Waals surface area contributed by atoms with Gasteiger partial charge in [0.25, 0.3) is 0 Å². The van der Waals surface area contributed by atoms with Gasteiger partial charge >= 0.3 is 0 Å². The van der Waals surface area contributed by atoms with Crippen molar-refractivity contribution in [3.8, 4) is 11.8 Å². The highest BCUT2D eigenvalue weighted by Crippen LogP contribution is 2.23. The summed E-state index contributed by atoms with van der Waals surface area (Å²) < 4.78 is 6.11. The second-order valence-corrected chi connectivity index (χ2v) is 8.60. The first-order chi connectivity index (χ1) is 16.3. The quantitative estimate of drug-likeness (QED) is 0.254. The molecule has 0 N–H and O–H groups in total. The summed E-state index contributed by atoms with van der Waals surface area (Å²) in [5, 5.41) is 9.03. The summed E-state index contributed by atoms with van der Waals surface area (Å²) in [6.45, 7) is 3.01. The molecule has 0 aliphatic heterocycles. The van der Waals surface area contributed by atoms with Crippen LogP contribution in [-0.2, 0) is 12.8 Å². The van der Waals surface area contributed by atoms with E-state index in [1.807, 2.05) is 18.2 Å². The molecule has 1 atom stereocenters. The third kappa shape index (κ3) is 8.62. The Balaban J connectivity index is 1.67. The van der Waals surface area contributed by atoms with Gasteiger partial charge in [0.1, 0.15) is 5.75 Å². The van der Waals surface area contributed by atoms with E-state index in [2.05, 4.69) is 85.8 Å². The lowest BCUT2D eigenvalue weighted by atomic mass is 9.91. The van der Waals surface area contributed by atoms with Gasteiger partial charge in [-0.15, -0.1) is 0 Å². The molecule has 0 saturated carbocycles. The van der Waals surface area contributed by atoms with E-state index in [0.717, 1.165) is 43.6 Å². The largest absolute Gasteiger partial charge is 0.493 e. The van der Waals surface area contributed by atoms with Crippen molar-refractivity contribution in [2.24, 2.45) is 5.92 Å². The van der Waals surface area contributed by atoms with Gasteiger partial charge in [0.2, 0.25) is 0 Å². The van der Waals surface area contributed by atoms with Gasteiger partial charge in [-0.1, -0.05) is 99.0 Å². The molecule has 0 aromatic heterocycles. The van der Waals surface area contributed by atoms with Crippen LogP contribution in [0.4, 0.5) is 0 Å². The van der Waals surface area contributed by atoms with Gasteiger partial charge in [0.05, 0.1) is 18.2 Å². The third-order valence-electron chi connectivity index (χ3n) is 5.95. The molecule has 0 aliphatic carbocycles. The van der Waals surface area contributed by atoms with Crippen LogP contribution in [0.5, 0.6) is 5.75 Å². The van der Waals surface area contributed by atoms with Gasteiger partial charge in [-0.25, -0.2) is 0 Å². The highest BCUT2D eigenvalue weighted by molar-refractivity contribution is 5.57. The number of hydrogen-bond acceptors (Lipinski definition) is 2. The number of ether oxygens (including phenoxy) is 1. The molecule has 3 aromatic carbocycles. The second-order valence-electron chi connectivity index (χ2n) is 8.60. The first-order valence-corrected chi connectivity index (χ1v) is 12.2. The fraction of sp³-hybridized carbons (Fsp3) is 0.323. The third-order valence-corrected chi connectivity index (χ3v) is 5.95. The molecular weight excluding hydrogens is 402 g/mol. The molecule has 170 valence electrons. The number of nitrogens with zero attached hydrogens (tertiary/aromatic N) is 1. The maximum Gasteiger partial charge on any atom is 0.126 e. The molecule has 0 radical (unpaired) electrons. The van der Waals surface area contributed by atoms with Crippen molar-refractivity contribution >= 4 is 6.08 Å². The highest BCUT2D eigenvalue weighted by Gasteiger charge is 2.09. The van der Waals surface area contributed by atoms with E-state index in [1.165, 1.54) is 30.4 Å². The maximum atomic E-state index is 9.03. The summed E-state index contributed by atoms with van der Waals surface area (Å²) in [6, 6.07) is 29.2. The van der Waals surface area contributed by atoms with Crippen molar-refractivity contribution in [2.75, 3.05) is 6.61 Å². The number of aryl methyl sites for hydroxylation is 1. The zero-order chi connectivity index (χ0) is 23.1. The average molecular weight is 438 g/mol. The van der Waals surface area contributed by atoms with Crippen molar-refractivity contribution in [1.82, 2.24) is 0 Å². The molecule has 0 spiro atoms. The second kappa shape index (κ2) is 14.0. The summed E-state index contributed by atoms with van der Waals surface area (Å²) in [5.74, 6) is 1.39. The molecule has 3 aromatic rings. The smallest absolute Gasteiger partial charge is 0.126 e. The average Bonchev–Trinajstić information content (AvgIpc) is 2.87. The molecule has 33 heavy (non-hydrogen) atoms. The Labute approximate surface area is 199 Å². The lowest BCUT2D eigenvalue weighted by Crippen LogP contribution is -2.04. The zero-order valence-electron chi connectivity index (χ0n) is 19.7. The fourth-order valence-corrected chi connectivity index (χ4v) is 3.98.